The fourth-order valence-corrected chi connectivity index (χ4v) is 8.24. The third-order valence-electron chi connectivity index (χ3n) is 3.69. The van der Waals surface area contributed by atoms with E-state index in [1.807, 2.05) is 6.92 Å². The van der Waals surface area contributed by atoms with Gasteiger partial charge in [0.1, 0.15) is 0 Å². The zero-order valence-corrected chi connectivity index (χ0v) is 14.1. The summed E-state index contributed by atoms with van der Waals surface area (Å²) in [4.78, 5) is 11.4. The first kappa shape index (κ1) is 17.6. The Morgan fingerprint density at radius 1 is 1.00 bits per heavy atom. The van der Waals surface area contributed by atoms with Gasteiger partial charge in [-0.05, 0) is 23.0 Å². The lowest BCUT2D eigenvalue weighted by atomic mass is 10.3. The van der Waals surface area contributed by atoms with Crippen LogP contribution in [0.2, 0.25) is 16.6 Å². The summed E-state index contributed by atoms with van der Waals surface area (Å²) in [6.07, 6.45) is 1.29. The molecule has 0 heterocycles. The van der Waals surface area contributed by atoms with E-state index < -0.39 is 8.32 Å². The van der Waals surface area contributed by atoms with E-state index in [0.29, 0.717) is 23.0 Å². The first-order valence-electron chi connectivity index (χ1n) is 7.08. The third-order valence-corrected chi connectivity index (χ3v) is 9.72. The maximum Gasteiger partial charge on any atom is 0.307 e. The molecule has 0 aliphatic carbocycles. The molecule has 0 aliphatic heterocycles. The predicted molar refractivity (Wildman–Crippen MR) is 78.0 cm³/mol. The SMILES string of the molecule is CCCC(=O)OCO[Si](C(C)C)(C(C)C)C(C)C. The number of carbonyl (C=O) groups is 1. The van der Waals surface area contributed by atoms with Gasteiger partial charge in [0.05, 0.1) is 0 Å². The fourth-order valence-electron chi connectivity index (χ4n) is 2.97. The highest BCUT2D eigenvalue weighted by molar-refractivity contribution is 6.77. The summed E-state index contributed by atoms with van der Waals surface area (Å²) in [6, 6.07) is 0. The maximum atomic E-state index is 11.4. The Hall–Kier alpha value is -0.353. The van der Waals surface area contributed by atoms with Crippen molar-refractivity contribution < 1.29 is 14.0 Å². The highest BCUT2D eigenvalue weighted by Crippen LogP contribution is 2.42. The van der Waals surface area contributed by atoms with Crippen molar-refractivity contribution in [3.05, 3.63) is 0 Å². The highest BCUT2D eigenvalue weighted by Gasteiger charge is 2.45. The molecule has 0 aromatic rings. The molecule has 4 heteroatoms. The van der Waals surface area contributed by atoms with Crippen molar-refractivity contribution in [1.29, 1.82) is 0 Å². The molecule has 3 nitrogen and oxygen atoms in total. The number of carbonyl (C=O) groups excluding carboxylic acids is 1. The van der Waals surface area contributed by atoms with Crippen LogP contribution in [0.4, 0.5) is 0 Å². The Kier molecular flexibility index (Phi) is 7.79. The third kappa shape index (κ3) is 4.39. The average Bonchev–Trinajstić information content (AvgIpc) is 2.23. The highest BCUT2D eigenvalue weighted by atomic mass is 28.4. The standard InChI is InChI=1S/C14H30O3Si/c1-8-9-14(15)16-10-17-18(11(2)3,12(4)5)13(6)7/h11-13H,8-10H2,1-7H3. The Bertz CT molecular complexity index is 228. The molecular formula is C14H30O3Si. The predicted octanol–water partition coefficient (Wildman–Crippen LogP) is 4.48. The molecule has 18 heavy (non-hydrogen) atoms. The van der Waals surface area contributed by atoms with E-state index >= 15 is 0 Å². The van der Waals surface area contributed by atoms with Crippen LogP contribution in [-0.4, -0.2) is 21.1 Å². The van der Waals surface area contributed by atoms with Crippen LogP contribution >= 0.6 is 0 Å². The molecule has 0 atom stereocenters. The van der Waals surface area contributed by atoms with Crippen LogP contribution in [0.15, 0.2) is 0 Å². The minimum atomic E-state index is -1.89. The van der Waals surface area contributed by atoms with E-state index in [-0.39, 0.29) is 12.8 Å². The Labute approximate surface area is 113 Å². The van der Waals surface area contributed by atoms with Crippen LogP contribution in [-0.2, 0) is 14.0 Å². The summed E-state index contributed by atoms with van der Waals surface area (Å²) in [6.45, 7) is 15.4. The quantitative estimate of drug-likeness (QED) is 0.372. The first-order valence-corrected chi connectivity index (χ1v) is 9.22. The molecule has 0 radical (unpaired) electrons. The smallest absolute Gasteiger partial charge is 0.307 e. The van der Waals surface area contributed by atoms with Crippen LogP contribution in [0.1, 0.15) is 61.3 Å². The van der Waals surface area contributed by atoms with Gasteiger partial charge in [-0.15, -0.1) is 0 Å². The van der Waals surface area contributed by atoms with E-state index in [9.17, 15) is 4.79 Å². The van der Waals surface area contributed by atoms with Crippen LogP contribution < -0.4 is 0 Å². The van der Waals surface area contributed by atoms with Crippen molar-refractivity contribution in [2.45, 2.75) is 77.9 Å². The van der Waals surface area contributed by atoms with Crippen LogP contribution in [0.3, 0.4) is 0 Å². The number of rotatable bonds is 8. The number of hydrogen-bond donors (Lipinski definition) is 0. The van der Waals surface area contributed by atoms with Gasteiger partial charge in [-0.1, -0.05) is 48.5 Å². The van der Waals surface area contributed by atoms with Gasteiger partial charge in [-0.3, -0.25) is 4.79 Å². The number of ether oxygens (including phenoxy) is 1. The molecule has 0 aromatic carbocycles. The molecule has 0 aliphatic rings. The summed E-state index contributed by atoms with van der Waals surface area (Å²) in [5.41, 5.74) is 1.55. The maximum absolute atomic E-state index is 11.4. The van der Waals surface area contributed by atoms with Gasteiger partial charge in [-0.2, -0.15) is 0 Å². The summed E-state index contributed by atoms with van der Waals surface area (Å²) in [7, 11) is -1.89. The van der Waals surface area contributed by atoms with Gasteiger partial charge in [0.15, 0.2) is 6.79 Å². The normalized spacial score (nSPS) is 12.6. The molecule has 0 saturated heterocycles. The molecule has 0 bridgehead atoms. The molecule has 0 unspecified atom stereocenters. The zero-order chi connectivity index (χ0) is 14.3. The Balaban J connectivity index is 4.57. The van der Waals surface area contributed by atoms with Gasteiger partial charge >= 0.3 is 5.97 Å². The summed E-state index contributed by atoms with van der Waals surface area (Å²) >= 11 is 0. The lowest BCUT2D eigenvalue weighted by Crippen LogP contribution is -2.48. The lowest BCUT2D eigenvalue weighted by molar-refractivity contribution is -0.150. The van der Waals surface area contributed by atoms with Gasteiger partial charge in [0.25, 0.3) is 0 Å². The molecular weight excluding hydrogens is 244 g/mol. The number of esters is 1. The van der Waals surface area contributed by atoms with E-state index in [4.69, 9.17) is 9.16 Å². The fraction of sp³-hybridized carbons (Fsp3) is 0.929. The molecule has 0 N–H and O–H groups in total. The van der Waals surface area contributed by atoms with Crippen molar-refractivity contribution in [2.75, 3.05) is 6.79 Å². The summed E-state index contributed by atoms with van der Waals surface area (Å²) in [5.74, 6) is -0.156. The largest absolute Gasteiger partial charge is 0.439 e. The van der Waals surface area contributed by atoms with Gasteiger partial charge in [0, 0.05) is 6.42 Å². The second-order valence-corrected chi connectivity index (χ2v) is 11.3. The van der Waals surface area contributed by atoms with E-state index in [2.05, 4.69) is 41.5 Å². The Morgan fingerprint density at radius 3 is 1.78 bits per heavy atom. The molecule has 0 rings (SSSR count). The second kappa shape index (κ2) is 7.95. The van der Waals surface area contributed by atoms with Crippen molar-refractivity contribution in [3.8, 4) is 0 Å². The van der Waals surface area contributed by atoms with Gasteiger partial charge < -0.3 is 9.16 Å². The van der Waals surface area contributed by atoms with Gasteiger partial charge in [-0.25, -0.2) is 0 Å². The van der Waals surface area contributed by atoms with Crippen molar-refractivity contribution in [2.24, 2.45) is 0 Å². The van der Waals surface area contributed by atoms with Crippen LogP contribution in [0, 0.1) is 0 Å². The molecule has 0 spiro atoms. The minimum absolute atomic E-state index is 0.125. The molecule has 0 amide bonds. The van der Waals surface area contributed by atoms with Crippen molar-refractivity contribution in [1.82, 2.24) is 0 Å². The molecule has 0 saturated carbocycles. The van der Waals surface area contributed by atoms with E-state index in [1.54, 1.807) is 0 Å². The lowest BCUT2D eigenvalue weighted by Gasteiger charge is -2.41. The second-order valence-electron chi connectivity index (χ2n) is 5.85. The van der Waals surface area contributed by atoms with Gasteiger partial charge in [0.2, 0.25) is 8.32 Å². The molecule has 108 valence electrons. The molecule has 0 fully saturated rings. The zero-order valence-electron chi connectivity index (χ0n) is 13.1. The average molecular weight is 274 g/mol. The van der Waals surface area contributed by atoms with Crippen LogP contribution in [0.5, 0.6) is 0 Å². The van der Waals surface area contributed by atoms with E-state index in [0.717, 1.165) is 6.42 Å². The summed E-state index contributed by atoms with van der Waals surface area (Å²) < 4.78 is 11.3. The monoisotopic (exact) mass is 274 g/mol. The van der Waals surface area contributed by atoms with E-state index in [1.165, 1.54) is 0 Å². The first-order chi connectivity index (χ1) is 8.28. The number of hydrogen-bond acceptors (Lipinski definition) is 3. The topological polar surface area (TPSA) is 35.5 Å². The van der Waals surface area contributed by atoms with Crippen molar-refractivity contribution >= 4 is 14.3 Å². The van der Waals surface area contributed by atoms with Crippen LogP contribution in [0.25, 0.3) is 0 Å². The minimum Gasteiger partial charge on any atom is -0.439 e. The summed E-state index contributed by atoms with van der Waals surface area (Å²) in [5, 5.41) is 0. The van der Waals surface area contributed by atoms with Crippen molar-refractivity contribution in [3.63, 3.8) is 0 Å². The molecule has 0 aromatic heterocycles. The Morgan fingerprint density at radius 2 is 1.44 bits per heavy atom.